The lowest BCUT2D eigenvalue weighted by atomic mass is 10.0. The quantitative estimate of drug-likeness (QED) is 0.819. The first-order chi connectivity index (χ1) is 12.1. The van der Waals surface area contributed by atoms with Crippen LogP contribution in [0.15, 0.2) is 48.5 Å². The van der Waals surface area contributed by atoms with Crippen LogP contribution in [0.3, 0.4) is 0 Å². The first kappa shape index (κ1) is 17.7. The Morgan fingerprint density at radius 2 is 1.96 bits per heavy atom. The molecule has 0 spiro atoms. The Hall–Kier alpha value is -2.13. The fourth-order valence-corrected chi connectivity index (χ4v) is 3.39. The summed E-state index contributed by atoms with van der Waals surface area (Å²) in [6.07, 6.45) is 3.28. The number of benzene rings is 2. The van der Waals surface area contributed by atoms with Crippen molar-refractivity contribution in [3.8, 4) is 0 Å². The fraction of sp³-hybridized carbons (Fsp3) is 0.409. The molecule has 0 radical (unpaired) electrons. The summed E-state index contributed by atoms with van der Waals surface area (Å²) >= 11 is 0. The lowest BCUT2D eigenvalue weighted by Crippen LogP contribution is -2.45. The van der Waals surface area contributed by atoms with Gasteiger partial charge in [0.2, 0.25) is 0 Å². The highest BCUT2D eigenvalue weighted by atomic mass is 16.5. The van der Waals surface area contributed by atoms with Crippen LogP contribution in [0.5, 0.6) is 0 Å². The Kier molecular flexibility index (Phi) is 5.87. The maximum atomic E-state index is 12.9. The molecule has 3 nitrogen and oxygen atoms in total. The van der Waals surface area contributed by atoms with Crippen molar-refractivity contribution in [2.45, 2.75) is 39.2 Å². The Morgan fingerprint density at radius 1 is 1.16 bits per heavy atom. The van der Waals surface area contributed by atoms with Crippen molar-refractivity contribution >= 4 is 5.91 Å². The Labute approximate surface area is 150 Å². The van der Waals surface area contributed by atoms with Crippen LogP contribution < -0.4 is 0 Å². The highest BCUT2D eigenvalue weighted by Crippen LogP contribution is 2.18. The van der Waals surface area contributed by atoms with Gasteiger partial charge in [0.1, 0.15) is 0 Å². The maximum absolute atomic E-state index is 12.9. The molecule has 1 fully saturated rings. The van der Waals surface area contributed by atoms with E-state index in [0.717, 1.165) is 36.0 Å². The molecule has 0 unspecified atom stereocenters. The van der Waals surface area contributed by atoms with E-state index in [1.54, 1.807) is 0 Å². The normalized spacial score (nSPS) is 17.5. The zero-order chi connectivity index (χ0) is 17.6. The molecule has 1 heterocycles. The molecule has 1 atom stereocenters. The average Bonchev–Trinajstić information content (AvgIpc) is 2.64. The van der Waals surface area contributed by atoms with Gasteiger partial charge < -0.3 is 9.64 Å². The van der Waals surface area contributed by atoms with Gasteiger partial charge in [0, 0.05) is 18.7 Å². The number of hydrogen-bond donors (Lipinski definition) is 0. The van der Waals surface area contributed by atoms with Crippen molar-refractivity contribution in [1.82, 2.24) is 4.90 Å². The lowest BCUT2D eigenvalue weighted by Gasteiger charge is -2.33. The minimum atomic E-state index is 0.137. The van der Waals surface area contributed by atoms with Crippen LogP contribution in [0.25, 0.3) is 0 Å². The monoisotopic (exact) mass is 337 g/mol. The van der Waals surface area contributed by atoms with E-state index in [-0.39, 0.29) is 12.0 Å². The van der Waals surface area contributed by atoms with Crippen molar-refractivity contribution < 1.29 is 9.53 Å². The third-order valence-corrected chi connectivity index (χ3v) is 4.88. The number of hydrogen-bond acceptors (Lipinski definition) is 2. The number of carbonyl (C=O) groups is 1. The largest absolute Gasteiger partial charge is 0.375 e. The van der Waals surface area contributed by atoms with Gasteiger partial charge in [-0.15, -0.1) is 0 Å². The Balaban J connectivity index is 1.55. The summed E-state index contributed by atoms with van der Waals surface area (Å²) in [6, 6.07) is 16.6. The number of morpholine rings is 1. The summed E-state index contributed by atoms with van der Waals surface area (Å²) in [6.45, 7) is 6.04. The smallest absolute Gasteiger partial charge is 0.254 e. The van der Waals surface area contributed by atoms with Gasteiger partial charge in [0.05, 0.1) is 12.7 Å². The van der Waals surface area contributed by atoms with Crippen LogP contribution in [0.1, 0.15) is 39.9 Å². The van der Waals surface area contributed by atoms with E-state index in [0.29, 0.717) is 19.7 Å². The molecule has 2 aromatic carbocycles. The molecular formula is C22H27NO2. The summed E-state index contributed by atoms with van der Waals surface area (Å²) in [4.78, 5) is 14.8. The van der Waals surface area contributed by atoms with Crippen molar-refractivity contribution in [1.29, 1.82) is 0 Å². The van der Waals surface area contributed by atoms with Gasteiger partial charge in [-0.05, 0) is 50.3 Å². The molecule has 1 amide bonds. The first-order valence-electron chi connectivity index (χ1n) is 9.15. The molecule has 25 heavy (non-hydrogen) atoms. The van der Waals surface area contributed by atoms with Crippen LogP contribution in [0.4, 0.5) is 0 Å². The van der Waals surface area contributed by atoms with E-state index in [1.807, 2.05) is 36.9 Å². The fourth-order valence-electron chi connectivity index (χ4n) is 3.39. The first-order valence-corrected chi connectivity index (χ1v) is 9.15. The molecule has 0 N–H and O–H groups in total. The standard InChI is InChI=1S/C22H27NO2/c1-17-11-12-18(2)21(15-17)22(24)23-13-14-25-20(16-23)10-6-9-19-7-4-3-5-8-19/h3-5,7-8,11-12,15,20H,6,9-10,13-14,16H2,1-2H3/t20-/m1/s1. The van der Waals surface area contributed by atoms with E-state index >= 15 is 0 Å². The molecule has 0 bridgehead atoms. The van der Waals surface area contributed by atoms with Crippen molar-refractivity contribution in [2.75, 3.05) is 19.7 Å². The number of rotatable bonds is 5. The average molecular weight is 337 g/mol. The van der Waals surface area contributed by atoms with E-state index < -0.39 is 0 Å². The minimum absolute atomic E-state index is 0.137. The second-order valence-corrected chi connectivity index (χ2v) is 6.94. The summed E-state index contributed by atoms with van der Waals surface area (Å²) in [7, 11) is 0. The number of amides is 1. The summed E-state index contributed by atoms with van der Waals surface area (Å²) < 4.78 is 5.89. The lowest BCUT2D eigenvalue weighted by molar-refractivity contribution is -0.0255. The number of nitrogens with zero attached hydrogens (tertiary/aromatic N) is 1. The highest BCUT2D eigenvalue weighted by molar-refractivity contribution is 5.95. The van der Waals surface area contributed by atoms with Crippen LogP contribution in [0.2, 0.25) is 0 Å². The van der Waals surface area contributed by atoms with Crippen molar-refractivity contribution in [2.24, 2.45) is 0 Å². The number of aryl methyl sites for hydroxylation is 3. The summed E-state index contributed by atoms with van der Waals surface area (Å²) in [5, 5.41) is 0. The molecule has 0 aromatic heterocycles. The zero-order valence-electron chi connectivity index (χ0n) is 15.2. The molecule has 0 aliphatic carbocycles. The molecule has 3 heteroatoms. The molecule has 1 aliphatic rings. The molecule has 3 rings (SSSR count). The predicted octanol–water partition coefficient (Wildman–Crippen LogP) is 4.17. The van der Waals surface area contributed by atoms with E-state index in [2.05, 4.69) is 30.3 Å². The third-order valence-electron chi connectivity index (χ3n) is 4.88. The van der Waals surface area contributed by atoms with Crippen molar-refractivity contribution in [3.63, 3.8) is 0 Å². The van der Waals surface area contributed by atoms with Gasteiger partial charge in [-0.3, -0.25) is 4.79 Å². The SMILES string of the molecule is Cc1ccc(C)c(C(=O)N2CCO[C@H](CCCc3ccccc3)C2)c1. The van der Waals surface area contributed by atoms with E-state index in [9.17, 15) is 4.79 Å². The second kappa shape index (κ2) is 8.30. The number of ether oxygens (including phenoxy) is 1. The molecule has 2 aromatic rings. The van der Waals surface area contributed by atoms with E-state index in [1.165, 1.54) is 5.56 Å². The van der Waals surface area contributed by atoms with Gasteiger partial charge in [0.15, 0.2) is 0 Å². The Morgan fingerprint density at radius 3 is 2.76 bits per heavy atom. The van der Waals surface area contributed by atoms with Gasteiger partial charge in [-0.2, -0.15) is 0 Å². The second-order valence-electron chi connectivity index (χ2n) is 6.94. The van der Waals surface area contributed by atoms with Crippen LogP contribution >= 0.6 is 0 Å². The number of carbonyl (C=O) groups excluding carboxylic acids is 1. The summed E-state index contributed by atoms with van der Waals surface area (Å²) in [5.41, 5.74) is 4.36. The van der Waals surface area contributed by atoms with Crippen LogP contribution in [-0.2, 0) is 11.2 Å². The van der Waals surface area contributed by atoms with Crippen LogP contribution in [0, 0.1) is 13.8 Å². The van der Waals surface area contributed by atoms with Crippen molar-refractivity contribution in [3.05, 3.63) is 70.8 Å². The van der Waals surface area contributed by atoms with Gasteiger partial charge in [0.25, 0.3) is 5.91 Å². The third kappa shape index (κ3) is 4.70. The summed E-state index contributed by atoms with van der Waals surface area (Å²) in [5.74, 6) is 0.137. The zero-order valence-corrected chi connectivity index (χ0v) is 15.2. The molecule has 1 aliphatic heterocycles. The minimum Gasteiger partial charge on any atom is -0.375 e. The van der Waals surface area contributed by atoms with Gasteiger partial charge in [-0.1, -0.05) is 48.0 Å². The molecule has 1 saturated heterocycles. The van der Waals surface area contributed by atoms with Gasteiger partial charge in [-0.25, -0.2) is 0 Å². The molecule has 0 saturated carbocycles. The molecule has 132 valence electrons. The highest BCUT2D eigenvalue weighted by Gasteiger charge is 2.25. The predicted molar refractivity (Wildman–Crippen MR) is 101 cm³/mol. The maximum Gasteiger partial charge on any atom is 0.254 e. The van der Waals surface area contributed by atoms with E-state index in [4.69, 9.17) is 4.74 Å². The van der Waals surface area contributed by atoms with Crippen LogP contribution in [-0.4, -0.2) is 36.6 Å². The van der Waals surface area contributed by atoms with Gasteiger partial charge >= 0.3 is 0 Å². The Bertz CT molecular complexity index is 711. The molecular weight excluding hydrogens is 310 g/mol. The topological polar surface area (TPSA) is 29.5 Å².